The number of amides is 1. The van der Waals surface area contributed by atoms with Crippen molar-refractivity contribution in [2.24, 2.45) is 0 Å². The zero-order valence-electron chi connectivity index (χ0n) is 11.3. The van der Waals surface area contributed by atoms with E-state index in [4.69, 9.17) is 4.74 Å². The molecule has 1 heterocycles. The Morgan fingerprint density at radius 3 is 2.58 bits per heavy atom. The molecule has 0 aromatic carbocycles. The molecule has 1 amide bonds. The minimum absolute atomic E-state index is 0.106. The second-order valence-electron chi connectivity index (χ2n) is 5.05. The molecule has 0 aliphatic rings. The molecule has 0 unspecified atom stereocenters. The maximum atomic E-state index is 11.6. The predicted molar refractivity (Wildman–Crippen MR) is 78.9 cm³/mol. The maximum absolute atomic E-state index is 11.6. The highest BCUT2D eigenvalue weighted by atomic mass is 79.9. The molecule has 1 aromatic heterocycles. The van der Waals surface area contributed by atoms with Gasteiger partial charge in [0.2, 0.25) is 5.91 Å². The Hall–Kier alpha value is -0.880. The molecule has 0 fully saturated rings. The first kappa shape index (κ1) is 16.2. The van der Waals surface area contributed by atoms with E-state index in [-0.39, 0.29) is 24.7 Å². The molecule has 0 spiro atoms. The molecule has 0 bridgehead atoms. The average Bonchev–Trinajstić information content (AvgIpc) is 2.67. The number of thiophene rings is 1. The Morgan fingerprint density at radius 1 is 1.37 bits per heavy atom. The first-order chi connectivity index (χ1) is 8.78. The topological polar surface area (TPSA) is 55.4 Å². The summed E-state index contributed by atoms with van der Waals surface area (Å²) in [7, 11) is 0. The van der Waals surface area contributed by atoms with Crippen molar-refractivity contribution in [2.75, 3.05) is 0 Å². The monoisotopic (exact) mass is 347 g/mol. The van der Waals surface area contributed by atoms with Crippen LogP contribution in [0.5, 0.6) is 0 Å². The molecule has 19 heavy (non-hydrogen) atoms. The molecule has 4 nitrogen and oxygen atoms in total. The van der Waals surface area contributed by atoms with Gasteiger partial charge in [-0.1, -0.05) is 0 Å². The molecule has 106 valence electrons. The molecular weight excluding hydrogens is 330 g/mol. The third-order valence-electron chi connectivity index (χ3n) is 2.11. The van der Waals surface area contributed by atoms with Gasteiger partial charge >= 0.3 is 5.97 Å². The van der Waals surface area contributed by atoms with Crippen LogP contribution in [0.2, 0.25) is 0 Å². The van der Waals surface area contributed by atoms with Crippen molar-refractivity contribution < 1.29 is 14.3 Å². The zero-order chi connectivity index (χ0) is 14.5. The first-order valence-electron chi connectivity index (χ1n) is 5.98. The highest BCUT2D eigenvalue weighted by molar-refractivity contribution is 9.10. The lowest BCUT2D eigenvalue weighted by Crippen LogP contribution is -2.26. The lowest BCUT2D eigenvalue weighted by Gasteiger charge is -2.19. The summed E-state index contributed by atoms with van der Waals surface area (Å²) in [5.74, 6) is -0.494. The van der Waals surface area contributed by atoms with Crippen LogP contribution in [0.4, 0.5) is 0 Å². The number of carbonyl (C=O) groups is 2. The summed E-state index contributed by atoms with van der Waals surface area (Å²) < 4.78 is 6.12. The number of hydrogen-bond acceptors (Lipinski definition) is 4. The number of esters is 1. The smallest absolute Gasteiger partial charge is 0.306 e. The fraction of sp³-hybridized carbons (Fsp3) is 0.538. The normalized spacial score (nSPS) is 11.2. The second-order valence-corrected chi connectivity index (χ2v) is 6.91. The van der Waals surface area contributed by atoms with Gasteiger partial charge in [-0.05, 0) is 48.1 Å². The minimum Gasteiger partial charge on any atom is -0.460 e. The molecule has 0 saturated carbocycles. The Morgan fingerprint density at radius 2 is 2.05 bits per heavy atom. The van der Waals surface area contributed by atoms with Crippen molar-refractivity contribution in [1.82, 2.24) is 5.32 Å². The van der Waals surface area contributed by atoms with Gasteiger partial charge in [-0.15, -0.1) is 11.3 Å². The summed E-state index contributed by atoms with van der Waals surface area (Å²) in [6.45, 7) is 5.89. The molecule has 1 aromatic rings. The van der Waals surface area contributed by atoms with E-state index in [1.54, 1.807) is 32.1 Å². The molecule has 0 atom stereocenters. The van der Waals surface area contributed by atoms with Crippen LogP contribution < -0.4 is 5.32 Å². The van der Waals surface area contributed by atoms with Crippen molar-refractivity contribution in [3.8, 4) is 0 Å². The van der Waals surface area contributed by atoms with Crippen molar-refractivity contribution in [3.63, 3.8) is 0 Å². The van der Waals surface area contributed by atoms with E-state index in [0.29, 0.717) is 6.54 Å². The lowest BCUT2D eigenvalue weighted by atomic mass is 10.2. The van der Waals surface area contributed by atoms with E-state index in [0.717, 1.165) is 9.35 Å². The van der Waals surface area contributed by atoms with Crippen LogP contribution in [-0.2, 0) is 20.9 Å². The van der Waals surface area contributed by atoms with Crippen molar-refractivity contribution in [2.45, 2.75) is 45.8 Å². The van der Waals surface area contributed by atoms with Gasteiger partial charge in [0.25, 0.3) is 0 Å². The van der Waals surface area contributed by atoms with Crippen LogP contribution in [0.15, 0.2) is 15.9 Å². The molecule has 0 aliphatic carbocycles. The Kier molecular flexibility index (Phi) is 6.00. The SMILES string of the molecule is CC(C)(C)OC(=O)CCC(=O)NCc1sccc1Br. The highest BCUT2D eigenvalue weighted by Gasteiger charge is 2.17. The summed E-state index contributed by atoms with van der Waals surface area (Å²) in [6, 6.07) is 1.94. The van der Waals surface area contributed by atoms with Crippen LogP contribution in [0.3, 0.4) is 0 Å². The lowest BCUT2D eigenvalue weighted by molar-refractivity contribution is -0.155. The predicted octanol–water partition coefficient (Wildman–Crippen LogP) is 3.25. The first-order valence-corrected chi connectivity index (χ1v) is 7.65. The number of carbonyl (C=O) groups excluding carboxylic acids is 2. The molecular formula is C13H18BrNO3S. The molecule has 1 N–H and O–H groups in total. The maximum Gasteiger partial charge on any atom is 0.306 e. The van der Waals surface area contributed by atoms with E-state index in [1.807, 2.05) is 11.4 Å². The van der Waals surface area contributed by atoms with E-state index < -0.39 is 5.60 Å². The van der Waals surface area contributed by atoms with Gasteiger partial charge in [0, 0.05) is 15.8 Å². The van der Waals surface area contributed by atoms with Gasteiger partial charge in [0.15, 0.2) is 0 Å². The molecule has 0 aliphatic heterocycles. The highest BCUT2D eigenvalue weighted by Crippen LogP contribution is 2.22. The summed E-state index contributed by atoms with van der Waals surface area (Å²) in [5.41, 5.74) is -0.505. The number of nitrogens with one attached hydrogen (secondary N) is 1. The van der Waals surface area contributed by atoms with Gasteiger partial charge in [-0.2, -0.15) is 0 Å². The Balaban J connectivity index is 2.25. The van der Waals surface area contributed by atoms with E-state index in [2.05, 4.69) is 21.2 Å². The van der Waals surface area contributed by atoms with Crippen LogP contribution in [0.1, 0.15) is 38.5 Å². The van der Waals surface area contributed by atoms with Crippen molar-refractivity contribution in [1.29, 1.82) is 0 Å². The summed E-state index contributed by atoms with van der Waals surface area (Å²) in [6.07, 6.45) is 0.257. The fourth-order valence-electron chi connectivity index (χ4n) is 1.33. The largest absolute Gasteiger partial charge is 0.460 e. The third-order valence-corrected chi connectivity index (χ3v) is 4.04. The van der Waals surface area contributed by atoms with Crippen LogP contribution >= 0.6 is 27.3 Å². The minimum atomic E-state index is -0.505. The molecule has 1 rings (SSSR count). The summed E-state index contributed by atoms with van der Waals surface area (Å²) >= 11 is 4.97. The molecule has 6 heteroatoms. The van der Waals surface area contributed by atoms with E-state index >= 15 is 0 Å². The quantitative estimate of drug-likeness (QED) is 0.831. The van der Waals surface area contributed by atoms with Crippen LogP contribution in [0.25, 0.3) is 0 Å². The molecule has 0 radical (unpaired) electrons. The number of hydrogen-bond donors (Lipinski definition) is 1. The van der Waals surface area contributed by atoms with E-state index in [9.17, 15) is 9.59 Å². The van der Waals surface area contributed by atoms with Gasteiger partial charge in [-0.25, -0.2) is 0 Å². The fourth-order valence-corrected chi connectivity index (χ4v) is 2.76. The van der Waals surface area contributed by atoms with Gasteiger partial charge in [0.1, 0.15) is 5.60 Å². The summed E-state index contributed by atoms with van der Waals surface area (Å²) in [5, 5.41) is 4.73. The van der Waals surface area contributed by atoms with Crippen LogP contribution in [0, 0.1) is 0 Å². The zero-order valence-corrected chi connectivity index (χ0v) is 13.7. The number of rotatable bonds is 5. The van der Waals surface area contributed by atoms with Gasteiger partial charge in [-0.3, -0.25) is 9.59 Å². The van der Waals surface area contributed by atoms with E-state index in [1.165, 1.54) is 0 Å². The summed E-state index contributed by atoms with van der Waals surface area (Å²) in [4.78, 5) is 24.1. The standard InChI is InChI=1S/C13H18BrNO3S/c1-13(2,3)18-12(17)5-4-11(16)15-8-10-9(14)6-7-19-10/h6-7H,4-5,8H2,1-3H3,(H,15,16). The number of ether oxygens (including phenoxy) is 1. The Bertz CT molecular complexity index is 451. The van der Waals surface area contributed by atoms with Crippen molar-refractivity contribution in [3.05, 3.63) is 20.8 Å². The van der Waals surface area contributed by atoms with Crippen LogP contribution in [-0.4, -0.2) is 17.5 Å². The van der Waals surface area contributed by atoms with Crippen molar-refractivity contribution >= 4 is 39.1 Å². The van der Waals surface area contributed by atoms with Gasteiger partial charge < -0.3 is 10.1 Å². The molecule has 0 saturated heterocycles. The number of halogens is 1. The Labute approximate surface area is 125 Å². The average molecular weight is 348 g/mol. The second kappa shape index (κ2) is 7.05. The third kappa shape index (κ3) is 6.73. The van der Waals surface area contributed by atoms with Gasteiger partial charge in [0.05, 0.1) is 13.0 Å².